The van der Waals surface area contributed by atoms with Gasteiger partial charge >= 0.3 is 11.9 Å². The topological polar surface area (TPSA) is 72.8 Å². The Morgan fingerprint density at radius 2 is 0.953 bits per heavy atom. The summed E-state index contributed by atoms with van der Waals surface area (Å²) in [5.74, 6) is -0.658. The van der Waals surface area contributed by atoms with E-state index >= 15 is 0 Å². The molecule has 0 unspecified atom stereocenters. The number of hydrogen-bond donors (Lipinski definition) is 1. The highest BCUT2D eigenvalue weighted by molar-refractivity contribution is 5.70. The second-order valence-corrected chi connectivity index (χ2v) is 11.6. The number of esters is 2. The fraction of sp³-hybridized carbons (Fsp3) is 0.737. The molecule has 5 heteroatoms. The van der Waals surface area contributed by atoms with Crippen LogP contribution in [0.15, 0.2) is 48.6 Å². The van der Waals surface area contributed by atoms with Gasteiger partial charge in [-0.1, -0.05) is 146 Å². The molecular weight excluding hydrogens is 536 g/mol. The van der Waals surface area contributed by atoms with Crippen molar-refractivity contribution in [3.05, 3.63) is 48.6 Å². The lowest BCUT2D eigenvalue weighted by Crippen LogP contribution is -2.28. The van der Waals surface area contributed by atoms with Gasteiger partial charge in [-0.3, -0.25) is 9.59 Å². The Morgan fingerprint density at radius 3 is 1.47 bits per heavy atom. The summed E-state index contributed by atoms with van der Waals surface area (Å²) in [4.78, 5) is 24.1. The molecule has 0 amide bonds. The van der Waals surface area contributed by atoms with Crippen molar-refractivity contribution in [1.82, 2.24) is 0 Å². The third-order valence-corrected chi connectivity index (χ3v) is 7.38. The second kappa shape index (κ2) is 34.4. The molecule has 43 heavy (non-hydrogen) atoms. The summed E-state index contributed by atoms with van der Waals surface area (Å²) >= 11 is 0. The minimum atomic E-state index is -0.796. The highest BCUT2D eigenvalue weighted by Crippen LogP contribution is 2.13. The Morgan fingerprint density at radius 1 is 0.535 bits per heavy atom. The molecule has 1 N–H and O–H groups in total. The fourth-order valence-corrected chi connectivity index (χ4v) is 4.66. The van der Waals surface area contributed by atoms with Crippen LogP contribution in [0.5, 0.6) is 0 Å². The molecule has 0 saturated heterocycles. The van der Waals surface area contributed by atoms with Gasteiger partial charge in [-0.15, -0.1) is 0 Å². The standard InChI is InChI=1S/C38H66O5/c1-3-5-7-9-11-13-15-17-18-19-20-21-23-25-27-29-31-33-38(41)43-36(34-39)35-42-37(40)32-30-28-26-24-22-16-14-12-10-8-6-4-2/h11,13,17-18,20-21,25,27,36,39H,3-10,12,14-16,19,22-24,26,28-35H2,1-2H3/b13-11+,18-17+,21-20+,27-25+/t36-/m0/s1. The normalized spacial score (nSPS) is 12.7. The molecule has 0 aliphatic carbocycles. The molecule has 5 nitrogen and oxygen atoms in total. The summed E-state index contributed by atoms with van der Waals surface area (Å²) in [7, 11) is 0. The molecule has 0 rings (SSSR count). The van der Waals surface area contributed by atoms with Crippen molar-refractivity contribution < 1.29 is 24.2 Å². The van der Waals surface area contributed by atoms with Crippen LogP contribution in [0.3, 0.4) is 0 Å². The van der Waals surface area contributed by atoms with Crippen LogP contribution in [0, 0.1) is 0 Å². The lowest BCUT2D eigenvalue weighted by Gasteiger charge is -2.15. The number of hydrogen-bond acceptors (Lipinski definition) is 5. The predicted molar refractivity (Wildman–Crippen MR) is 182 cm³/mol. The zero-order chi connectivity index (χ0) is 31.5. The van der Waals surface area contributed by atoms with E-state index in [1.165, 1.54) is 83.5 Å². The van der Waals surface area contributed by atoms with Crippen molar-refractivity contribution >= 4 is 11.9 Å². The first-order valence-corrected chi connectivity index (χ1v) is 17.7. The molecule has 0 aliphatic heterocycles. The van der Waals surface area contributed by atoms with Gasteiger partial charge in [0.15, 0.2) is 6.10 Å². The largest absolute Gasteiger partial charge is 0.462 e. The Kier molecular flexibility index (Phi) is 32.6. The quantitative estimate of drug-likeness (QED) is 0.0485. The highest BCUT2D eigenvalue weighted by atomic mass is 16.6. The van der Waals surface area contributed by atoms with Gasteiger partial charge in [-0.05, 0) is 51.4 Å². The van der Waals surface area contributed by atoms with Gasteiger partial charge in [0.1, 0.15) is 6.61 Å². The maximum absolute atomic E-state index is 12.1. The second-order valence-electron chi connectivity index (χ2n) is 11.6. The van der Waals surface area contributed by atoms with E-state index in [1.54, 1.807) is 0 Å². The van der Waals surface area contributed by atoms with E-state index in [0.717, 1.165) is 44.9 Å². The Bertz CT molecular complexity index is 737. The summed E-state index contributed by atoms with van der Waals surface area (Å²) in [5, 5.41) is 9.50. The number of rotatable bonds is 31. The molecule has 0 spiro atoms. The first kappa shape index (κ1) is 40.9. The number of carbonyl (C=O) groups is 2. The van der Waals surface area contributed by atoms with E-state index in [0.29, 0.717) is 12.8 Å². The van der Waals surface area contributed by atoms with Gasteiger partial charge in [0, 0.05) is 12.8 Å². The highest BCUT2D eigenvalue weighted by Gasteiger charge is 2.15. The molecule has 0 aliphatic rings. The average Bonchev–Trinajstić information content (AvgIpc) is 3.01. The molecule has 0 aromatic heterocycles. The number of aliphatic hydroxyl groups is 1. The van der Waals surface area contributed by atoms with Crippen molar-refractivity contribution in [3.63, 3.8) is 0 Å². The molecule has 248 valence electrons. The van der Waals surface area contributed by atoms with Crippen LogP contribution in [0.25, 0.3) is 0 Å². The molecule has 0 fully saturated rings. The van der Waals surface area contributed by atoms with Crippen molar-refractivity contribution in [1.29, 1.82) is 0 Å². The lowest BCUT2D eigenvalue weighted by molar-refractivity contribution is -0.161. The fourth-order valence-electron chi connectivity index (χ4n) is 4.66. The zero-order valence-corrected chi connectivity index (χ0v) is 28.0. The Labute approximate surface area is 265 Å². The van der Waals surface area contributed by atoms with Crippen molar-refractivity contribution in [2.24, 2.45) is 0 Å². The summed E-state index contributed by atoms with van der Waals surface area (Å²) in [6.45, 7) is 4.04. The van der Waals surface area contributed by atoms with Gasteiger partial charge in [-0.2, -0.15) is 0 Å². The number of unbranched alkanes of at least 4 members (excludes halogenated alkanes) is 15. The summed E-state index contributed by atoms with van der Waals surface area (Å²) in [6, 6.07) is 0. The summed E-state index contributed by atoms with van der Waals surface area (Å²) in [6.07, 6.45) is 41.7. The molecular formula is C38H66O5. The molecule has 1 atom stereocenters. The first-order chi connectivity index (χ1) is 21.1. The maximum Gasteiger partial charge on any atom is 0.306 e. The SMILES string of the molecule is CCCCC/C=C/C/C=C/C/C=C/C/C=C/CCCC(=O)O[C@@H](CO)COC(=O)CCCCCCCCCCCCCC. The zero-order valence-electron chi connectivity index (χ0n) is 28.0. The molecule has 0 heterocycles. The van der Waals surface area contributed by atoms with Crippen molar-refractivity contribution in [2.45, 2.75) is 168 Å². The van der Waals surface area contributed by atoms with Crippen molar-refractivity contribution in [3.8, 4) is 0 Å². The molecule has 0 bridgehead atoms. The predicted octanol–water partition coefficient (Wildman–Crippen LogP) is 10.7. The van der Waals surface area contributed by atoms with Crippen LogP contribution >= 0.6 is 0 Å². The van der Waals surface area contributed by atoms with E-state index in [2.05, 4.69) is 62.5 Å². The third-order valence-electron chi connectivity index (χ3n) is 7.38. The molecule has 0 radical (unpaired) electrons. The minimum absolute atomic E-state index is 0.0868. The number of allylic oxidation sites excluding steroid dienone is 8. The number of aliphatic hydroxyl groups excluding tert-OH is 1. The van der Waals surface area contributed by atoms with Crippen LogP contribution in [0.1, 0.15) is 162 Å². The van der Waals surface area contributed by atoms with Crippen LogP contribution in [-0.2, 0) is 19.1 Å². The van der Waals surface area contributed by atoms with E-state index in [9.17, 15) is 14.7 Å². The van der Waals surface area contributed by atoms with Gasteiger partial charge in [0.05, 0.1) is 6.61 Å². The van der Waals surface area contributed by atoms with E-state index < -0.39 is 6.10 Å². The van der Waals surface area contributed by atoms with Gasteiger partial charge in [0.25, 0.3) is 0 Å². The number of carbonyl (C=O) groups excluding carboxylic acids is 2. The Hall–Kier alpha value is -2.14. The minimum Gasteiger partial charge on any atom is -0.462 e. The molecule has 0 saturated carbocycles. The summed E-state index contributed by atoms with van der Waals surface area (Å²) in [5.41, 5.74) is 0. The molecule has 0 aromatic carbocycles. The lowest BCUT2D eigenvalue weighted by atomic mass is 10.0. The Balaban J connectivity index is 3.70. The van der Waals surface area contributed by atoms with Crippen LogP contribution in [0.4, 0.5) is 0 Å². The maximum atomic E-state index is 12.1. The van der Waals surface area contributed by atoms with Crippen molar-refractivity contribution in [2.75, 3.05) is 13.2 Å². The third kappa shape index (κ3) is 32.6. The number of ether oxygens (including phenoxy) is 2. The smallest absolute Gasteiger partial charge is 0.306 e. The average molecular weight is 603 g/mol. The van der Waals surface area contributed by atoms with Crippen LogP contribution in [0.2, 0.25) is 0 Å². The monoisotopic (exact) mass is 602 g/mol. The van der Waals surface area contributed by atoms with Gasteiger partial charge in [0.2, 0.25) is 0 Å². The van der Waals surface area contributed by atoms with E-state index in [-0.39, 0.29) is 31.6 Å². The van der Waals surface area contributed by atoms with E-state index in [1.807, 2.05) is 0 Å². The van der Waals surface area contributed by atoms with E-state index in [4.69, 9.17) is 9.47 Å². The van der Waals surface area contributed by atoms with Crippen LogP contribution < -0.4 is 0 Å². The van der Waals surface area contributed by atoms with Gasteiger partial charge < -0.3 is 14.6 Å². The summed E-state index contributed by atoms with van der Waals surface area (Å²) < 4.78 is 10.5. The first-order valence-electron chi connectivity index (χ1n) is 17.7. The van der Waals surface area contributed by atoms with Crippen LogP contribution in [-0.4, -0.2) is 36.4 Å². The molecule has 0 aromatic rings. The van der Waals surface area contributed by atoms with Gasteiger partial charge in [-0.25, -0.2) is 0 Å².